The Balaban J connectivity index is 2.50. The monoisotopic (exact) mass is 112 g/mol. The van der Waals surface area contributed by atoms with Crippen molar-refractivity contribution < 1.29 is 4.79 Å². The highest BCUT2D eigenvalue weighted by atomic mass is 16.1. The van der Waals surface area contributed by atoms with Gasteiger partial charge in [-0.1, -0.05) is 0 Å². The predicted octanol–water partition coefficient (Wildman–Crippen LogP) is -0.426. The standard InChI is InChI=1S/C5H8N2O/c1-4-5(2-8)7-3-6-4/h2-5H,1H3,(H,6,7). The first-order valence-corrected chi connectivity index (χ1v) is 2.57. The lowest BCUT2D eigenvalue weighted by Gasteiger charge is -2.03. The van der Waals surface area contributed by atoms with Gasteiger partial charge in [-0.2, -0.15) is 0 Å². The van der Waals surface area contributed by atoms with Gasteiger partial charge in [-0.25, -0.2) is 0 Å². The fourth-order valence-corrected chi connectivity index (χ4v) is 0.632. The molecule has 0 radical (unpaired) electrons. The fraction of sp³-hybridized carbons (Fsp3) is 0.600. The normalized spacial score (nSPS) is 34.6. The SMILES string of the molecule is CC1N=CNC1C=O. The van der Waals surface area contributed by atoms with Gasteiger partial charge >= 0.3 is 0 Å². The van der Waals surface area contributed by atoms with Crippen molar-refractivity contribution in [3.8, 4) is 0 Å². The molecule has 0 bridgehead atoms. The number of hydrogen-bond acceptors (Lipinski definition) is 3. The molecule has 44 valence electrons. The summed E-state index contributed by atoms with van der Waals surface area (Å²) in [5.74, 6) is 0. The van der Waals surface area contributed by atoms with Crippen LogP contribution in [0.4, 0.5) is 0 Å². The summed E-state index contributed by atoms with van der Waals surface area (Å²) in [6.07, 6.45) is 2.45. The van der Waals surface area contributed by atoms with Crippen molar-refractivity contribution in [2.45, 2.75) is 19.0 Å². The third kappa shape index (κ3) is 0.710. The van der Waals surface area contributed by atoms with E-state index in [-0.39, 0.29) is 12.1 Å². The van der Waals surface area contributed by atoms with E-state index in [1.54, 1.807) is 6.34 Å². The zero-order valence-corrected chi connectivity index (χ0v) is 4.66. The second kappa shape index (κ2) is 1.94. The first-order chi connectivity index (χ1) is 3.84. The van der Waals surface area contributed by atoms with Crippen molar-refractivity contribution in [1.29, 1.82) is 0 Å². The van der Waals surface area contributed by atoms with Crippen LogP contribution in [0, 0.1) is 0 Å². The Morgan fingerprint density at radius 1 is 1.88 bits per heavy atom. The number of hydrogen-bond donors (Lipinski definition) is 1. The van der Waals surface area contributed by atoms with Crippen LogP contribution in [0.25, 0.3) is 0 Å². The maximum Gasteiger partial charge on any atom is 0.144 e. The van der Waals surface area contributed by atoms with Gasteiger partial charge in [0.05, 0.1) is 12.4 Å². The number of aliphatic imine (C=N–C) groups is 1. The molecule has 3 nitrogen and oxygen atoms in total. The Kier molecular flexibility index (Phi) is 1.28. The predicted molar refractivity (Wildman–Crippen MR) is 30.9 cm³/mol. The van der Waals surface area contributed by atoms with Gasteiger partial charge in [0.2, 0.25) is 0 Å². The van der Waals surface area contributed by atoms with Gasteiger partial charge in [0.25, 0.3) is 0 Å². The number of nitrogens with zero attached hydrogens (tertiary/aromatic N) is 1. The molecule has 0 saturated carbocycles. The summed E-state index contributed by atoms with van der Waals surface area (Å²) < 4.78 is 0. The van der Waals surface area contributed by atoms with Gasteiger partial charge < -0.3 is 10.1 Å². The summed E-state index contributed by atoms with van der Waals surface area (Å²) in [4.78, 5) is 14.0. The third-order valence-electron chi connectivity index (χ3n) is 1.24. The van der Waals surface area contributed by atoms with E-state index < -0.39 is 0 Å². The molecule has 2 unspecified atom stereocenters. The molecule has 8 heavy (non-hydrogen) atoms. The Bertz CT molecular complexity index is 122. The molecule has 1 rings (SSSR count). The molecule has 2 atom stereocenters. The van der Waals surface area contributed by atoms with Gasteiger partial charge in [-0.05, 0) is 6.92 Å². The second-order valence-electron chi connectivity index (χ2n) is 1.85. The Morgan fingerprint density at radius 3 is 2.88 bits per heavy atom. The molecule has 1 heterocycles. The Morgan fingerprint density at radius 2 is 2.62 bits per heavy atom. The highest BCUT2D eigenvalue weighted by Gasteiger charge is 2.16. The lowest BCUT2D eigenvalue weighted by molar-refractivity contribution is -0.109. The van der Waals surface area contributed by atoms with Gasteiger partial charge in [0.1, 0.15) is 12.3 Å². The molecule has 0 aromatic heterocycles. The quantitative estimate of drug-likeness (QED) is 0.468. The number of carbonyl (C=O) groups is 1. The van der Waals surface area contributed by atoms with Crippen LogP contribution in [0.5, 0.6) is 0 Å². The van der Waals surface area contributed by atoms with E-state index in [1.807, 2.05) is 6.92 Å². The van der Waals surface area contributed by atoms with Crippen LogP contribution in [0.2, 0.25) is 0 Å². The van der Waals surface area contributed by atoms with Crippen LogP contribution < -0.4 is 5.32 Å². The van der Waals surface area contributed by atoms with Gasteiger partial charge in [0.15, 0.2) is 0 Å². The molecule has 1 N–H and O–H groups in total. The lowest BCUT2D eigenvalue weighted by Crippen LogP contribution is -2.31. The van der Waals surface area contributed by atoms with Crippen LogP contribution >= 0.6 is 0 Å². The van der Waals surface area contributed by atoms with E-state index in [0.29, 0.717) is 0 Å². The first-order valence-electron chi connectivity index (χ1n) is 2.57. The maximum absolute atomic E-state index is 10.1. The average Bonchev–Trinajstić information content (AvgIpc) is 2.14. The third-order valence-corrected chi connectivity index (χ3v) is 1.24. The molecular weight excluding hydrogens is 104 g/mol. The minimum atomic E-state index is -0.0880. The molecule has 0 aliphatic carbocycles. The second-order valence-corrected chi connectivity index (χ2v) is 1.85. The van der Waals surface area contributed by atoms with Gasteiger partial charge in [0, 0.05) is 0 Å². The zero-order valence-electron chi connectivity index (χ0n) is 4.66. The minimum Gasteiger partial charge on any atom is -0.365 e. The van der Waals surface area contributed by atoms with E-state index in [4.69, 9.17) is 0 Å². The van der Waals surface area contributed by atoms with E-state index in [1.165, 1.54) is 0 Å². The highest BCUT2D eigenvalue weighted by molar-refractivity contribution is 5.70. The molecular formula is C5H8N2O. The van der Waals surface area contributed by atoms with Crippen molar-refractivity contribution in [1.82, 2.24) is 5.32 Å². The van der Waals surface area contributed by atoms with Crippen molar-refractivity contribution in [2.75, 3.05) is 0 Å². The van der Waals surface area contributed by atoms with Crippen molar-refractivity contribution in [3.63, 3.8) is 0 Å². The van der Waals surface area contributed by atoms with E-state index >= 15 is 0 Å². The van der Waals surface area contributed by atoms with E-state index in [2.05, 4.69) is 10.3 Å². The lowest BCUT2D eigenvalue weighted by atomic mass is 10.2. The van der Waals surface area contributed by atoms with Crippen LogP contribution in [0.3, 0.4) is 0 Å². The van der Waals surface area contributed by atoms with Gasteiger partial charge in [-0.15, -0.1) is 0 Å². The molecule has 0 amide bonds. The number of carbonyl (C=O) groups excluding carboxylic acids is 1. The largest absolute Gasteiger partial charge is 0.365 e. The maximum atomic E-state index is 10.1. The number of rotatable bonds is 1. The summed E-state index contributed by atoms with van der Waals surface area (Å²) in [7, 11) is 0. The van der Waals surface area contributed by atoms with E-state index in [9.17, 15) is 4.79 Å². The van der Waals surface area contributed by atoms with Gasteiger partial charge in [-0.3, -0.25) is 4.99 Å². The minimum absolute atomic E-state index is 0.0880. The van der Waals surface area contributed by atoms with Crippen molar-refractivity contribution >= 4 is 12.6 Å². The van der Waals surface area contributed by atoms with Crippen LogP contribution in [0.15, 0.2) is 4.99 Å². The van der Waals surface area contributed by atoms with Crippen LogP contribution in [-0.2, 0) is 4.79 Å². The van der Waals surface area contributed by atoms with Crippen LogP contribution in [0.1, 0.15) is 6.92 Å². The van der Waals surface area contributed by atoms with Crippen molar-refractivity contribution in [2.24, 2.45) is 4.99 Å². The molecule has 0 aromatic rings. The summed E-state index contributed by atoms with van der Waals surface area (Å²) in [5, 5.41) is 2.80. The number of nitrogens with one attached hydrogen (secondary N) is 1. The molecule has 0 saturated heterocycles. The smallest absolute Gasteiger partial charge is 0.144 e. The Labute approximate surface area is 47.8 Å². The van der Waals surface area contributed by atoms with Crippen LogP contribution in [-0.4, -0.2) is 24.7 Å². The highest BCUT2D eigenvalue weighted by Crippen LogP contribution is 1.98. The summed E-state index contributed by atoms with van der Waals surface area (Å²) in [6, 6.07) is 0.0301. The molecule has 0 aromatic carbocycles. The summed E-state index contributed by atoms with van der Waals surface area (Å²) in [5.41, 5.74) is 0. The first kappa shape index (κ1) is 5.28. The summed E-state index contributed by atoms with van der Waals surface area (Å²) in [6.45, 7) is 1.90. The Hall–Kier alpha value is -0.860. The van der Waals surface area contributed by atoms with Crippen molar-refractivity contribution in [3.05, 3.63) is 0 Å². The topological polar surface area (TPSA) is 41.5 Å². The zero-order chi connectivity index (χ0) is 5.98. The summed E-state index contributed by atoms with van der Waals surface area (Å²) >= 11 is 0. The molecule has 0 spiro atoms. The van der Waals surface area contributed by atoms with E-state index in [0.717, 1.165) is 6.29 Å². The molecule has 1 aliphatic rings. The molecule has 1 aliphatic heterocycles. The molecule has 3 heteroatoms. The fourth-order valence-electron chi connectivity index (χ4n) is 0.632. The average molecular weight is 112 g/mol. The number of aldehydes is 1. The molecule has 0 fully saturated rings.